The largest absolute Gasteiger partial charge is 1.00 e. The summed E-state index contributed by atoms with van der Waals surface area (Å²) in [6.45, 7) is 1.04. The number of carbonyl (C=O) groups is 1. The first-order valence-corrected chi connectivity index (χ1v) is 7.77. The van der Waals surface area contributed by atoms with E-state index in [1.54, 1.807) is 22.7 Å². The van der Waals surface area contributed by atoms with Gasteiger partial charge in [0, 0.05) is 10.8 Å². The first kappa shape index (κ1) is 17.3. The van der Waals surface area contributed by atoms with Gasteiger partial charge in [-0.1, -0.05) is 53.0 Å². The fourth-order valence-corrected chi connectivity index (χ4v) is 3.32. The normalized spacial score (nSPS) is 9.65. The van der Waals surface area contributed by atoms with Gasteiger partial charge in [-0.15, -0.1) is 0 Å². The summed E-state index contributed by atoms with van der Waals surface area (Å²) in [5.74, 6) is -0.155. The molecule has 3 nitrogen and oxygen atoms in total. The van der Waals surface area contributed by atoms with Crippen LogP contribution in [0.25, 0.3) is 0 Å². The molecule has 0 N–H and O–H groups in total. The van der Waals surface area contributed by atoms with Gasteiger partial charge >= 0.3 is 9.95 Å². The van der Waals surface area contributed by atoms with Crippen molar-refractivity contribution in [1.29, 1.82) is 0 Å². The molecule has 0 bridgehead atoms. The van der Waals surface area contributed by atoms with Crippen molar-refractivity contribution in [1.82, 2.24) is 4.58 Å². The zero-order valence-corrected chi connectivity index (χ0v) is 14.9. The lowest BCUT2D eigenvalue weighted by atomic mass is 10.2. The molecule has 0 aliphatic rings. The van der Waals surface area contributed by atoms with E-state index in [1.807, 2.05) is 48.1 Å². The van der Waals surface area contributed by atoms with Crippen molar-refractivity contribution < 1.29 is 33.5 Å². The Morgan fingerprint density at radius 1 is 1.20 bits per heavy atom. The molecular formula is C14H16INO2S2. The van der Waals surface area contributed by atoms with Crippen LogP contribution in [0.4, 0.5) is 0 Å². The van der Waals surface area contributed by atoms with Crippen LogP contribution in [0.2, 0.25) is 0 Å². The van der Waals surface area contributed by atoms with Gasteiger partial charge in [-0.3, -0.25) is 4.79 Å². The summed E-state index contributed by atoms with van der Waals surface area (Å²) >= 11 is 3.37. The van der Waals surface area contributed by atoms with E-state index in [9.17, 15) is 4.79 Å². The van der Waals surface area contributed by atoms with Crippen molar-refractivity contribution in [2.75, 3.05) is 13.6 Å². The first-order valence-electron chi connectivity index (χ1n) is 6.01. The van der Waals surface area contributed by atoms with Gasteiger partial charge in [0.25, 0.3) is 0 Å². The monoisotopic (exact) mass is 421 g/mol. The highest BCUT2D eigenvalue weighted by Crippen LogP contribution is 2.01. The Balaban J connectivity index is 0.00000200. The smallest absolute Gasteiger partial charge is 0.313 e. The Morgan fingerprint density at radius 3 is 2.50 bits per heavy atom. The molecule has 0 spiro atoms. The minimum atomic E-state index is -0.155. The van der Waals surface area contributed by atoms with Crippen LogP contribution in [0, 0.1) is 0 Å². The summed E-state index contributed by atoms with van der Waals surface area (Å²) in [6.07, 6.45) is 0.411. The second-order valence-corrected chi connectivity index (χ2v) is 6.14. The third kappa shape index (κ3) is 5.72. The molecule has 6 heteroatoms. The minimum Gasteiger partial charge on any atom is -1.00 e. The van der Waals surface area contributed by atoms with Crippen molar-refractivity contribution in [3.8, 4) is 0 Å². The Bertz CT molecular complexity index is 576. The average molecular weight is 421 g/mol. The van der Waals surface area contributed by atoms with Crippen LogP contribution < -0.4 is 32.5 Å². The van der Waals surface area contributed by atoms with Crippen molar-refractivity contribution in [2.24, 2.45) is 0 Å². The molecule has 1 aromatic carbocycles. The molecular weight excluding hydrogens is 405 g/mol. The van der Waals surface area contributed by atoms with Crippen molar-refractivity contribution in [3.63, 3.8) is 0 Å². The van der Waals surface area contributed by atoms with Gasteiger partial charge in [0.05, 0.1) is 0 Å². The van der Waals surface area contributed by atoms with E-state index in [1.165, 1.54) is 3.98 Å². The van der Waals surface area contributed by atoms with Crippen molar-refractivity contribution >= 4 is 28.6 Å². The van der Waals surface area contributed by atoms with Crippen LogP contribution in [0.15, 0.2) is 41.1 Å². The fourth-order valence-electron chi connectivity index (χ4n) is 1.54. The number of hydrogen-bond acceptors (Lipinski definition) is 4. The Labute approximate surface area is 143 Å². The van der Waals surface area contributed by atoms with Crippen LogP contribution in [0.3, 0.4) is 0 Å². The third-order valence-corrected chi connectivity index (χ3v) is 4.92. The molecule has 0 saturated carbocycles. The zero-order valence-electron chi connectivity index (χ0n) is 11.1. The van der Waals surface area contributed by atoms with E-state index in [4.69, 9.17) is 4.74 Å². The first-order chi connectivity index (χ1) is 9.25. The Morgan fingerprint density at radius 2 is 1.85 bits per heavy atom. The fraction of sp³-hybridized carbons (Fsp3) is 0.286. The highest BCUT2D eigenvalue weighted by atomic mass is 127. The number of carbonyl (C=O) groups excluding carboxylic acids is 1. The summed E-state index contributed by atoms with van der Waals surface area (Å²) in [7, 11) is 1.99. The van der Waals surface area contributed by atoms with E-state index in [0.29, 0.717) is 19.6 Å². The van der Waals surface area contributed by atoms with Crippen LogP contribution in [-0.2, 0) is 16.1 Å². The molecule has 0 aliphatic carbocycles. The maximum atomic E-state index is 11.6. The lowest BCUT2D eigenvalue weighted by Crippen LogP contribution is -3.00. The standard InChI is InChI=1S/C14H16NO2S2.HI/c1-15(14-18-9-10-19-14)8-7-13(16)17-11-12-5-3-2-4-6-12;/h2-6,9-10H,7-8,11H2,1H3;1H/q+1;/p-1. The SMILES string of the molecule is C[N+](CCC(=O)OCc1ccccc1)=c1sccs1.[I-]. The highest BCUT2D eigenvalue weighted by Gasteiger charge is 2.08. The second-order valence-electron chi connectivity index (χ2n) is 4.09. The zero-order chi connectivity index (χ0) is 13.5. The van der Waals surface area contributed by atoms with E-state index >= 15 is 0 Å². The molecule has 108 valence electrons. The van der Waals surface area contributed by atoms with Gasteiger partial charge in [-0.2, -0.15) is 0 Å². The van der Waals surface area contributed by atoms with Crippen LogP contribution in [0.5, 0.6) is 0 Å². The molecule has 0 aliphatic heterocycles. The number of hydrogen-bond donors (Lipinski definition) is 0. The van der Waals surface area contributed by atoms with Gasteiger partial charge in [-0.05, 0) is 5.56 Å². The molecule has 0 atom stereocenters. The number of ether oxygens (including phenoxy) is 1. The van der Waals surface area contributed by atoms with Gasteiger partial charge in [-0.25, -0.2) is 4.58 Å². The van der Waals surface area contributed by atoms with E-state index in [-0.39, 0.29) is 29.9 Å². The summed E-state index contributed by atoms with van der Waals surface area (Å²) in [5.41, 5.74) is 1.02. The number of nitrogens with zero attached hydrogens (tertiary/aromatic N) is 1. The topological polar surface area (TPSA) is 29.3 Å². The summed E-state index contributed by atoms with van der Waals surface area (Å²) < 4.78 is 8.52. The number of esters is 1. The summed E-state index contributed by atoms with van der Waals surface area (Å²) in [4.78, 5) is 11.6. The summed E-state index contributed by atoms with van der Waals surface area (Å²) in [5, 5.41) is 4.09. The molecule has 2 aromatic rings. The lowest BCUT2D eigenvalue weighted by Gasteiger charge is -2.03. The number of halogens is 1. The lowest BCUT2D eigenvalue weighted by molar-refractivity contribution is -0.144. The maximum absolute atomic E-state index is 11.6. The molecule has 1 heterocycles. The van der Waals surface area contributed by atoms with Crippen molar-refractivity contribution in [2.45, 2.75) is 13.0 Å². The molecule has 1 aromatic heterocycles. The molecule has 0 saturated heterocycles. The minimum absolute atomic E-state index is 0. The van der Waals surface area contributed by atoms with Crippen LogP contribution >= 0.6 is 22.7 Å². The van der Waals surface area contributed by atoms with Gasteiger partial charge in [0.15, 0.2) is 6.54 Å². The summed E-state index contributed by atoms with van der Waals surface area (Å²) in [6, 6.07) is 9.73. The van der Waals surface area contributed by atoms with Crippen LogP contribution in [-0.4, -0.2) is 19.6 Å². The predicted molar refractivity (Wildman–Crippen MR) is 79.1 cm³/mol. The van der Waals surface area contributed by atoms with Crippen molar-refractivity contribution in [3.05, 3.63) is 50.6 Å². The van der Waals surface area contributed by atoms with E-state index in [2.05, 4.69) is 4.58 Å². The number of rotatable bonds is 5. The van der Waals surface area contributed by atoms with Gasteiger partial charge in [0.1, 0.15) is 20.1 Å². The Hall–Kier alpha value is -0.730. The third-order valence-electron chi connectivity index (χ3n) is 2.60. The maximum Gasteiger partial charge on any atom is 0.313 e. The van der Waals surface area contributed by atoms with Gasteiger partial charge in [0.2, 0.25) is 0 Å². The predicted octanol–water partition coefficient (Wildman–Crippen LogP) is -0.651. The molecule has 0 radical (unpaired) electrons. The quantitative estimate of drug-likeness (QED) is 0.365. The highest BCUT2D eigenvalue weighted by molar-refractivity contribution is 7.24. The Kier molecular flexibility index (Phi) is 8.01. The molecule has 0 fully saturated rings. The molecule has 2 rings (SSSR count). The number of benzene rings is 1. The van der Waals surface area contributed by atoms with Gasteiger partial charge < -0.3 is 28.7 Å². The molecule has 0 amide bonds. The van der Waals surface area contributed by atoms with E-state index < -0.39 is 0 Å². The molecule has 0 unspecified atom stereocenters. The second kappa shape index (κ2) is 9.25. The van der Waals surface area contributed by atoms with E-state index in [0.717, 1.165) is 5.56 Å². The van der Waals surface area contributed by atoms with Crippen LogP contribution in [0.1, 0.15) is 12.0 Å². The average Bonchev–Trinajstić information content (AvgIpc) is 2.98. The molecule has 20 heavy (non-hydrogen) atoms.